The summed E-state index contributed by atoms with van der Waals surface area (Å²) in [5.41, 5.74) is 1.15. The first-order chi connectivity index (χ1) is 13.1. The molecule has 2 rings (SSSR count). The molecule has 27 heavy (non-hydrogen) atoms. The maximum atomic E-state index is 13.0. The lowest BCUT2D eigenvalue weighted by molar-refractivity contribution is -0.161. The second-order valence-electron chi connectivity index (χ2n) is 7.64. The highest BCUT2D eigenvalue weighted by Gasteiger charge is 2.48. The molecule has 1 heterocycles. The third kappa shape index (κ3) is 5.57. The number of likely N-dealkylation sites (tertiary alicyclic amines) is 1. The number of rotatable bonds is 12. The summed E-state index contributed by atoms with van der Waals surface area (Å²) in [7, 11) is 0. The Kier molecular flexibility index (Phi) is 8.83. The molecule has 0 saturated carbocycles. The quantitative estimate of drug-likeness (QED) is 0.494. The van der Waals surface area contributed by atoms with E-state index in [0.717, 1.165) is 63.7 Å². The van der Waals surface area contributed by atoms with Gasteiger partial charge in [0.1, 0.15) is 0 Å². The smallest absolute Gasteiger partial charge is 0.229 e. The first-order valence-corrected chi connectivity index (χ1v) is 10.8. The van der Waals surface area contributed by atoms with Gasteiger partial charge in [-0.2, -0.15) is 0 Å². The van der Waals surface area contributed by atoms with E-state index in [-0.39, 0.29) is 23.8 Å². The van der Waals surface area contributed by atoms with Crippen molar-refractivity contribution in [2.75, 3.05) is 19.6 Å². The number of nitrogens with zero attached hydrogens (tertiary/aromatic N) is 2. The highest BCUT2D eigenvalue weighted by Crippen LogP contribution is 2.42. The monoisotopic (exact) mass is 372 g/mol. The van der Waals surface area contributed by atoms with E-state index in [0.29, 0.717) is 6.42 Å². The summed E-state index contributed by atoms with van der Waals surface area (Å²) in [5, 5.41) is 0. The molecule has 0 aliphatic carbocycles. The maximum absolute atomic E-state index is 13.0. The van der Waals surface area contributed by atoms with Crippen molar-refractivity contribution in [1.29, 1.82) is 0 Å². The minimum atomic E-state index is -0.206. The minimum absolute atomic E-state index is 0.0494. The van der Waals surface area contributed by atoms with Gasteiger partial charge in [0.25, 0.3) is 0 Å². The summed E-state index contributed by atoms with van der Waals surface area (Å²) >= 11 is 0. The highest BCUT2D eigenvalue weighted by molar-refractivity contribution is 5.91. The Hall–Kier alpha value is -1.84. The number of amides is 2. The fraction of sp³-hybridized carbons (Fsp3) is 0.652. The highest BCUT2D eigenvalue weighted by atomic mass is 16.2. The van der Waals surface area contributed by atoms with Crippen LogP contribution in [0, 0.1) is 5.92 Å². The van der Waals surface area contributed by atoms with E-state index >= 15 is 0 Å². The van der Waals surface area contributed by atoms with E-state index in [1.807, 2.05) is 28.0 Å². The van der Waals surface area contributed by atoms with Gasteiger partial charge in [0, 0.05) is 26.1 Å². The first kappa shape index (κ1) is 21.5. The molecule has 0 spiro atoms. The number of hydrogen-bond donors (Lipinski definition) is 0. The van der Waals surface area contributed by atoms with Crippen LogP contribution < -0.4 is 0 Å². The number of hydrogen-bond acceptors (Lipinski definition) is 2. The minimum Gasteiger partial charge on any atom is -0.343 e. The summed E-state index contributed by atoms with van der Waals surface area (Å²) in [6, 6.07) is 10.2. The second kappa shape index (κ2) is 11.1. The van der Waals surface area contributed by atoms with Crippen LogP contribution in [0.3, 0.4) is 0 Å². The van der Waals surface area contributed by atoms with E-state index in [2.05, 4.69) is 32.9 Å². The molecule has 2 amide bonds. The zero-order valence-electron chi connectivity index (χ0n) is 17.3. The van der Waals surface area contributed by atoms with Gasteiger partial charge in [0.15, 0.2) is 0 Å². The van der Waals surface area contributed by atoms with Gasteiger partial charge >= 0.3 is 0 Å². The summed E-state index contributed by atoms with van der Waals surface area (Å²) in [6.45, 7) is 8.85. The third-order valence-electron chi connectivity index (χ3n) is 5.52. The van der Waals surface area contributed by atoms with Crippen molar-refractivity contribution in [3.05, 3.63) is 35.9 Å². The van der Waals surface area contributed by atoms with Gasteiger partial charge in [-0.25, -0.2) is 0 Å². The normalized spacial score (nSPS) is 19.1. The number of carbonyl (C=O) groups is 2. The Morgan fingerprint density at radius 3 is 2.11 bits per heavy atom. The molecule has 0 aromatic heterocycles. The summed E-state index contributed by atoms with van der Waals surface area (Å²) < 4.78 is 0. The van der Waals surface area contributed by atoms with Gasteiger partial charge in [-0.05, 0) is 24.8 Å². The van der Waals surface area contributed by atoms with Crippen LogP contribution in [0.15, 0.2) is 30.3 Å². The summed E-state index contributed by atoms with van der Waals surface area (Å²) in [5.74, 6) is 0.0883. The summed E-state index contributed by atoms with van der Waals surface area (Å²) in [6.07, 6.45) is 6.63. The lowest BCUT2D eigenvalue weighted by atomic mass is 9.79. The molecular formula is C23H36N2O2. The molecule has 4 heteroatoms. The van der Waals surface area contributed by atoms with Crippen LogP contribution >= 0.6 is 0 Å². The Morgan fingerprint density at radius 2 is 1.56 bits per heavy atom. The molecule has 1 aliphatic heterocycles. The lowest BCUT2D eigenvalue weighted by Crippen LogP contribution is -2.56. The standard InChI is InChI=1S/C23H36N2O2/c1-4-7-15-24(16-8-5-2)21(26)18-20-22(19-13-11-10-12-14-19)25(23(20)27)17-9-6-3/h10-14,20,22H,4-9,15-18H2,1-3H3/t20-,22-/m1/s1. The van der Waals surface area contributed by atoms with E-state index < -0.39 is 0 Å². The fourth-order valence-corrected chi connectivity index (χ4v) is 3.84. The van der Waals surface area contributed by atoms with Crippen molar-refractivity contribution in [1.82, 2.24) is 9.80 Å². The Morgan fingerprint density at radius 1 is 0.963 bits per heavy atom. The molecule has 1 aromatic carbocycles. The van der Waals surface area contributed by atoms with Gasteiger partial charge in [0.2, 0.25) is 11.8 Å². The average Bonchev–Trinajstić information content (AvgIpc) is 2.70. The Balaban J connectivity index is 2.09. The molecule has 0 radical (unpaired) electrons. The van der Waals surface area contributed by atoms with Crippen LogP contribution in [0.4, 0.5) is 0 Å². The molecule has 1 fully saturated rings. The molecule has 1 aromatic rings. The maximum Gasteiger partial charge on any atom is 0.229 e. The van der Waals surface area contributed by atoms with E-state index in [4.69, 9.17) is 0 Å². The van der Waals surface area contributed by atoms with Crippen LogP contribution in [-0.4, -0.2) is 41.2 Å². The molecule has 0 N–H and O–H groups in total. The fourth-order valence-electron chi connectivity index (χ4n) is 3.84. The van der Waals surface area contributed by atoms with Crippen molar-refractivity contribution >= 4 is 11.8 Å². The molecule has 2 atom stereocenters. The topological polar surface area (TPSA) is 40.6 Å². The van der Waals surface area contributed by atoms with Crippen LogP contribution in [0.25, 0.3) is 0 Å². The molecule has 0 bridgehead atoms. The lowest BCUT2D eigenvalue weighted by Gasteiger charge is -2.48. The van der Waals surface area contributed by atoms with Crippen molar-refractivity contribution in [3.8, 4) is 0 Å². The van der Waals surface area contributed by atoms with Crippen LogP contribution in [0.1, 0.15) is 77.3 Å². The van der Waals surface area contributed by atoms with Gasteiger partial charge < -0.3 is 9.80 Å². The number of unbranched alkanes of at least 4 members (excludes halogenated alkanes) is 3. The molecule has 150 valence electrons. The SMILES string of the molecule is CCCCN(CCCC)C(=O)C[C@H]1C(=O)N(CCCC)[C@@H]1c1ccccc1. The zero-order valence-corrected chi connectivity index (χ0v) is 17.3. The Labute approximate surface area is 164 Å². The number of benzene rings is 1. The zero-order chi connectivity index (χ0) is 19.6. The number of β-lactam (4-membered cyclic amide) rings is 1. The summed E-state index contributed by atoms with van der Waals surface area (Å²) in [4.78, 5) is 29.7. The molecular weight excluding hydrogens is 336 g/mol. The second-order valence-corrected chi connectivity index (χ2v) is 7.64. The van der Waals surface area contributed by atoms with Crippen molar-refractivity contribution in [2.24, 2.45) is 5.92 Å². The van der Waals surface area contributed by atoms with Gasteiger partial charge in [-0.1, -0.05) is 70.4 Å². The van der Waals surface area contributed by atoms with Crippen LogP contribution in [0.5, 0.6) is 0 Å². The van der Waals surface area contributed by atoms with Crippen LogP contribution in [-0.2, 0) is 9.59 Å². The van der Waals surface area contributed by atoms with Crippen molar-refractivity contribution in [2.45, 2.75) is 71.8 Å². The molecule has 1 aliphatic rings. The van der Waals surface area contributed by atoms with E-state index in [1.165, 1.54) is 0 Å². The average molecular weight is 373 g/mol. The molecule has 1 saturated heterocycles. The Bertz CT molecular complexity index is 579. The van der Waals surface area contributed by atoms with Gasteiger partial charge in [-0.15, -0.1) is 0 Å². The first-order valence-electron chi connectivity index (χ1n) is 10.8. The predicted octanol–water partition coefficient (Wildman–Crippen LogP) is 4.81. The molecule has 0 unspecified atom stereocenters. The van der Waals surface area contributed by atoms with E-state index in [9.17, 15) is 9.59 Å². The number of carbonyl (C=O) groups excluding carboxylic acids is 2. The third-order valence-corrected chi connectivity index (χ3v) is 5.52. The largest absolute Gasteiger partial charge is 0.343 e. The van der Waals surface area contributed by atoms with Crippen LogP contribution in [0.2, 0.25) is 0 Å². The molecule has 4 nitrogen and oxygen atoms in total. The van der Waals surface area contributed by atoms with Gasteiger partial charge in [-0.3, -0.25) is 9.59 Å². The predicted molar refractivity (Wildman–Crippen MR) is 110 cm³/mol. The van der Waals surface area contributed by atoms with Gasteiger partial charge in [0.05, 0.1) is 12.0 Å². The van der Waals surface area contributed by atoms with E-state index in [1.54, 1.807) is 0 Å². The van der Waals surface area contributed by atoms with Crippen molar-refractivity contribution < 1.29 is 9.59 Å². The van der Waals surface area contributed by atoms with Crippen molar-refractivity contribution in [3.63, 3.8) is 0 Å².